The largest absolute Gasteiger partial charge is 0.335 e. The number of nitrogens with zero attached hydrogens (tertiary/aromatic N) is 2. The Hall–Kier alpha value is -0.940. The summed E-state index contributed by atoms with van der Waals surface area (Å²) in [5.41, 5.74) is 8.40. The average Bonchev–Trinajstić information content (AvgIpc) is 2.98. The fourth-order valence-corrected chi connectivity index (χ4v) is 3.63. The average molecular weight is 267 g/mol. The van der Waals surface area contributed by atoms with Crippen molar-refractivity contribution in [3.05, 3.63) is 16.1 Å². The lowest BCUT2D eigenvalue weighted by molar-refractivity contribution is 0.0656. The molecule has 4 nitrogen and oxygen atoms in total. The maximum atomic E-state index is 12.6. The van der Waals surface area contributed by atoms with Gasteiger partial charge in [-0.3, -0.25) is 4.79 Å². The van der Waals surface area contributed by atoms with Crippen molar-refractivity contribution in [2.24, 2.45) is 11.7 Å². The summed E-state index contributed by atoms with van der Waals surface area (Å²) in [4.78, 5) is 19.5. The van der Waals surface area contributed by atoms with E-state index in [1.807, 2.05) is 18.7 Å². The van der Waals surface area contributed by atoms with E-state index in [1.54, 1.807) is 5.51 Å². The van der Waals surface area contributed by atoms with Crippen LogP contribution in [0, 0.1) is 12.8 Å². The molecule has 2 N–H and O–H groups in total. The third kappa shape index (κ3) is 2.42. The van der Waals surface area contributed by atoms with Crippen molar-refractivity contribution in [3.63, 3.8) is 0 Å². The second-order valence-corrected chi connectivity index (χ2v) is 5.71. The molecule has 1 saturated carbocycles. The molecule has 0 bridgehead atoms. The molecule has 100 valence electrons. The fraction of sp³-hybridized carbons (Fsp3) is 0.692. The van der Waals surface area contributed by atoms with Crippen LogP contribution >= 0.6 is 11.3 Å². The number of carbonyl (C=O) groups excluding carboxylic acids is 1. The Morgan fingerprint density at radius 1 is 1.61 bits per heavy atom. The van der Waals surface area contributed by atoms with Crippen LogP contribution in [-0.4, -0.2) is 34.9 Å². The van der Waals surface area contributed by atoms with E-state index >= 15 is 0 Å². The standard InChI is InChI=1S/C13H21N3OS/c1-3-16(11-6-4-5-10(11)7-14)13(17)12-9(2)15-8-18-12/h8,10-11H,3-7,14H2,1-2H3. The van der Waals surface area contributed by atoms with Gasteiger partial charge in [0.15, 0.2) is 0 Å². The van der Waals surface area contributed by atoms with Crippen molar-refractivity contribution >= 4 is 17.2 Å². The number of hydrogen-bond donors (Lipinski definition) is 1. The van der Waals surface area contributed by atoms with Crippen molar-refractivity contribution in [1.82, 2.24) is 9.88 Å². The van der Waals surface area contributed by atoms with Gasteiger partial charge in [-0.05, 0) is 39.2 Å². The first-order valence-electron chi connectivity index (χ1n) is 6.60. The molecule has 0 spiro atoms. The molecule has 5 heteroatoms. The number of carbonyl (C=O) groups is 1. The summed E-state index contributed by atoms with van der Waals surface area (Å²) in [7, 11) is 0. The SMILES string of the molecule is CCN(C(=O)c1scnc1C)C1CCCC1CN. The highest BCUT2D eigenvalue weighted by Crippen LogP contribution is 2.30. The molecule has 1 fully saturated rings. The Balaban J connectivity index is 2.18. The number of aryl methyl sites for hydroxylation is 1. The molecule has 1 aromatic rings. The summed E-state index contributed by atoms with van der Waals surface area (Å²) >= 11 is 1.44. The van der Waals surface area contributed by atoms with Gasteiger partial charge < -0.3 is 10.6 Å². The van der Waals surface area contributed by atoms with E-state index in [9.17, 15) is 4.79 Å². The van der Waals surface area contributed by atoms with Gasteiger partial charge in [-0.15, -0.1) is 11.3 Å². The van der Waals surface area contributed by atoms with E-state index in [1.165, 1.54) is 17.8 Å². The van der Waals surface area contributed by atoms with E-state index in [4.69, 9.17) is 5.73 Å². The van der Waals surface area contributed by atoms with Crippen molar-refractivity contribution in [2.75, 3.05) is 13.1 Å². The van der Waals surface area contributed by atoms with Crippen LogP contribution in [0.3, 0.4) is 0 Å². The van der Waals surface area contributed by atoms with E-state index in [-0.39, 0.29) is 5.91 Å². The topological polar surface area (TPSA) is 59.2 Å². The minimum atomic E-state index is 0.128. The van der Waals surface area contributed by atoms with Crippen LogP contribution in [0.25, 0.3) is 0 Å². The van der Waals surface area contributed by atoms with Gasteiger partial charge in [-0.1, -0.05) is 6.42 Å². The summed E-state index contributed by atoms with van der Waals surface area (Å²) in [6, 6.07) is 0.314. The lowest BCUT2D eigenvalue weighted by Crippen LogP contribution is -2.44. The van der Waals surface area contributed by atoms with Gasteiger partial charge in [0, 0.05) is 12.6 Å². The van der Waals surface area contributed by atoms with Crippen molar-refractivity contribution in [1.29, 1.82) is 0 Å². The van der Waals surface area contributed by atoms with E-state index in [0.29, 0.717) is 18.5 Å². The van der Waals surface area contributed by atoms with E-state index < -0.39 is 0 Å². The normalized spacial score (nSPS) is 23.3. The Labute approximate surface area is 112 Å². The molecule has 2 rings (SSSR count). The second-order valence-electron chi connectivity index (χ2n) is 4.85. The van der Waals surface area contributed by atoms with Gasteiger partial charge in [0.1, 0.15) is 4.88 Å². The van der Waals surface area contributed by atoms with Gasteiger partial charge in [-0.2, -0.15) is 0 Å². The first kappa shape index (κ1) is 13.5. The maximum absolute atomic E-state index is 12.6. The molecule has 1 aromatic heterocycles. The predicted octanol–water partition coefficient (Wildman–Crippen LogP) is 2.04. The maximum Gasteiger partial charge on any atom is 0.266 e. The summed E-state index contributed by atoms with van der Waals surface area (Å²) in [5.74, 6) is 0.588. The molecular weight excluding hydrogens is 246 g/mol. The molecule has 1 aliphatic carbocycles. The van der Waals surface area contributed by atoms with Gasteiger partial charge in [0.25, 0.3) is 5.91 Å². The van der Waals surface area contributed by atoms with Crippen LogP contribution in [0.4, 0.5) is 0 Å². The minimum absolute atomic E-state index is 0.128. The van der Waals surface area contributed by atoms with Crippen molar-refractivity contribution in [3.8, 4) is 0 Å². The van der Waals surface area contributed by atoms with Crippen LogP contribution in [0.5, 0.6) is 0 Å². The zero-order valence-corrected chi connectivity index (χ0v) is 11.9. The van der Waals surface area contributed by atoms with Crippen LogP contribution in [0.1, 0.15) is 41.6 Å². The highest BCUT2D eigenvalue weighted by Gasteiger charge is 2.34. The summed E-state index contributed by atoms with van der Waals surface area (Å²) in [5, 5.41) is 0. The summed E-state index contributed by atoms with van der Waals surface area (Å²) in [6.45, 7) is 5.36. The Morgan fingerprint density at radius 3 is 2.94 bits per heavy atom. The molecule has 18 heavy (non-hydrogen) atoms. The van der Waals surface area contributed by atoms with Gasteiger partial charge in [0.2, 0.25) is 0 Å². The zero-order valence-electron chi connectivity index (χ0n) is 11.1. The third-order valence-electron chi connectivity index (χ3n) is 3.86. The van der Waals surface area contributed by atoms with Crippen molar-refractivity contribution in [2.45, 2.75) is 39.2 Å². The third-order valence-corrected chi connectivity index (χ3v) is 4.78. The molecule has 0 aromatic carbocycles. The zero-order chi connectivity index (χ0) is 13.1. The molecule has 0 radical (unpaired) electrons. The minimum Gasteiger partial charge on any atom is -0.335 e. The first-order chi connectivity index (χ1) is 8.69. The first-order valence-corrected chi connectivity index (χ1v) is 7.48. The Bertz CT molecular complexity index is 418. The number of amides is 1. The van der Waals surface area contributed by atoms with Gasteiger partial charge in [0.05, 0.1) is 11.2 Å². The van der Waals surface area contributed by atoms with Gasteiger partial charge >= 0.3 is 0 Å². The lowest BCUT2D eigenvalue weighted by atomic mass is 10.0. The highest BCUT2D eigenvalue weighted by molar-refractivity contribution is 7.11. The molecule has 1 aliphatic rings. The molecule has 2 atom stereocenters. The summed E-state index contributed by atoms with van der Waals surface area (Å²) in [6.07, 6.45) is 3.41. The molecule has 1 amide bonds. The Kier molecular flexibility index (Phi) is 4.35. The number of rotatable bonds is 4. The molecule has 0 saturated heterocycles. The van der Waals surface area contributed by atoms with Gasteiger partial charge in [-0.25, -0.2) is 4.98 Å². The molecule has 0 aliphatic heterocycles. The fourth-order valence-electron chi connectivity index (χ4n) is 2.87. The number of aromatic nitrogens is 1. The van der Waals surface area contributed by atoms with Crippen LogP contribution in [0.2, 0.25) is 0 Å². The molecule has 2 unspecified atom stereocenters. The molecule has 1 heterocycles. The van der Waals surface area contributed by atoms with Crippen LogP contribution < -0.4 is 5.73 Å². The van der Waals surface area contributed by atoms with Crippen molar-refractivity contribution < 1.29 is 4.79 Å². The molecular formula is C13H21N3OS. The summed E-state index contributed by atoms with van der Waals surface area (Å²) < 4.78 is 0. The number of nitrogens with two attached hydrogens (primary N) is 1. The number of thiazole rings is 1. The highest BCUT2D eigenvalue weighted by atomic mass is 32.1. The smallest absolute Gasteiger partial charge is 0.266 e. The monoisotopic (exact) mass is 267 g/mol. The van der Waals surface area contributed by atoms with Crippen LogP contribution in [-0.2, 0) is 0 Å². The van der Waals surface area contributed by atoms with Crippen LogP contribution in [0.15, 0.2) is 5.51 Å². The lowest BCUT2D eigenvalue weighted by Gasteiger charge is -2.31. The number of hydrogen-bond acceptors (Lipinski definition) is 4. The quantitative estimate of drug-likeness (QED) is 0.908. The van der Waals surface area contributed by atoms with E-state index in [0.717, 1.165) is 30.0 Å². The van der Waals surface area contributed by atoms with E-state index in [2.05, 4.69) is 4.98 Å². The predicted molar refractivity (Wildman–Crippen MR) is 73.7 cm³/mol. The Morgan fingerprint density at radius 2 is 2.39 bits per heavy atom. The second kappa shape index (κ2) is 5.80.